The van der Waals surface area contributed by atoms with Gasteiger partial charge in [-0.1, -0.05) is 11.6 Å². The average Bonchev–Trinajstić information content (AvgIpc) is 3.62. The van der Waals surface area contributed by atoms with Crippen molar-refractivity contribution in [1.82, 2.24) is 25.0 Å². The lowest BCUT2D eigenvalue weighted by atomic mass is 9.71. The number of pyridine rings is 1. The molecule has 55 heavy (non-hydrogen) atoms. The number of nitrogens with one attached hydrogen (secondary N) is 2. The van der Waals surface area contributed by atoms with E-state index in [9.17, 15) is 19.6 Å². The molecule has 2 aromatic heterocycles. The third kappa shape index (κ3) is 7.84. The Morgan fingerprint density at radius 3 is 2.51 bits per heavy atom. The number of carbonyl (C=O) groups excluding carboxylic acids is 3. The van der Waals surface area contributed by atoms with E-state index in [1.54, 1.807) is 12.0 Å². The molecular formula is C41H46ClN9O4. The Bertz CT molecular complexity index is 2140. The van der Waals surface area contributed by atoms with Crippen LogP contribution in [-0.2, 0) is 4.79 Å². The number of methoxy groups -OCH3 is 1. The third-order valence-electron chi connectivity index (χ3n) is 12.3. The number of likely N-dealkylation sites (tertiary alicyclic amines) is 1. The van der Waals surface area contributed by atoms with E-state index in [-0.39, 0.29) is 18.2 Å². The molecule has 0 radical (unpaired) electrons. The van der Waals surface area contributed by atoms with E-state index in [0.717, 1.165) is 75.0 Å². The molecule has 4 amide bonds. The fraction of sp³-hybridized carbons (Fsp3) is 0.463. The monoisotopic (exact) mass is 763 g/mol. The number of anilines is 3. The number of hydrogen-bond donors (Lipinski definition) is 2. The number of amides is 4. The van der Waals surface area contributed by atoms with E-state index in [2.05, 4.69) is 36.3 Å². The number of nitrogens with zero attached hydrogens (tertiary/aromatic N) is 7. The lowest BCUT2D eigenvalue weighted by Gasteiger charge is -2.48. The number of benzene rings is 2. The summed E-state index contributed by atoms with van der Waals surface area (Å²) in [5, 5.41) is 20.9. The first-order valence-electron chi connectivity index (χ1n) is 19.3. The number of ether oxygens (including phenoxy) is 1. The maximum absolute atomic E-state index is 13.0. The number of hydrogen-bond acceptors (Lipinski definition) is 9. The summed E-state index contributed by atoms with van der Waals surface area (Å²) >= 11 is 6.51. The van der Waals surface area contributed by atoms with Crippen molar-refractivity contribution in [2.45, 2.75) is 63.8 Å². The van der Waals surface area contributed by atoms with E-state index in [1.807, 2.05) is 36.4 Å². The summed E-state index contributed by atoms with van der Waals surface area (Å²) in [5.74, 6) is 0.594. The Morgan fingerprint density at radius 2 is 1.78 bits per heavy atom. The molecular weight excluding hydrogens is 718 g/mol. The number of urea groups is 1. The van der Waals surface area contributed by atoms with Gasteiger partial charge in [0.05, 0.1) is 46.2 Å². The molecule has 2 N–H and O–H groups in total. The van der Waals surface area contributed by atoms with Crippen molar-refractivity contribution in [2.75, 3.05) is 61.5 Å². The minimum atomic E-state index is -0.416. The zero-order valence-electron chi connectivity index (χ0n) is 31.1. The molecule has 4 fully saturated rings. The highest BCUT2D eigenvalue weighted by Crippen LogP contribution is 2.44. The number of rotatable bonds is 8. The van der Waals surface area contributed by atoms with E-state index < -0.39 is 6.03 Å². The Balaban J connectivity index is 0.814. The van der Waals surface area contributed by atoms with Gasteiger partial charge in [-0.05, 0) is 106 Å². The van der Waals surface area contributed by atoms with Gasteiger partial charge in [0, 0.05) is 68.3 Å². The highest BCUT2D eigenvalue weighted by Gasteiger charge is 2.38. The Hall–Kier alpha value is -5.19. The molecule has 1 aliphatic carbocycles. The van der Waals surface area contributed by atoms with Crippen molar-refractivity contribution in [2.24, 2.45) is 11.3 Å². The van der Waals surface area contributed by atoms with Crippen LogP contribution in [0.15, 0.2) is 55.0 Å². The van der Waals surface area contributed by atoms with Crippen LogP contribution in [0, 0.1) is 22.7 Å². The second-order valence-electron chi connectivity index (χ2n) is 15.6. The van der Waals surface area contributed by atoms with Crippen LogP contribution in [0.2, 0.25) is 5.02 Å². The second-order valence-corrected chi connectivity index (χ2v) is 16.0. The molecule has 0 unspecified atom stereocenters. The van der Waals surface area contributed by atoms with Crippen molar-refractivity contribution in [3.05, 3.63) is 71.1 Å². The fourth-order valence-corrected chi connectivity index (χ4v) is 9.17. The number of halogens is 1. The van der Waals surface area contributed by atoms with Gasteiger partial charge >= 0.3 is 6.03 Å². The van der Waals surface area contributed by atoms with Crippen molar-refractivity contribution >= 4 is 57.4 Å². The van der Waals surface area contributed by atoms with Crippen LogP contribution < -0.4 is 25.2 Å². The molecule has 3 saturated heterocycles. The van der Waals surface area contributed by atoms with E-state index in [1.165, 1.54) is 44.1 Å². The van der Waals surface area contributed by atoms with Gasteiger partial charge in [-0.2, -0.15) is 10.4 Å². The first-order valence-corrected chi connectivity index (χ1v) is 19.7. The molecule has 4 aliphatic rings. The second kappa shape index (κ2) is 15.5. The molecule has 14 heteroatoms. The Morgan fingerprint density at radius 1 is 1.02 bits per heavy atom. The SMILES string of the molecule is COc1cc2nn(C3CCC(CN4CCC5(CC4)CCN(c4ccc(Cl)c(N6CCC(=O)NC6=O)c4)CC5)CC3)cc2cc1NC(=O)c1cncc(C#N)c1. The van der Waals surface area contributed by atoms with Crippen molar-refractivity contribution in [1.29, 1.82) is 5.26 Å². The smallest absolute Gasteiger partial charge is 0.328 e. The largest absolute Gasteiger partial charge is 0.494 e. The number of aromatic nitrogens is 3. The van der Waals surface area contributed by atoms with Gasteiger partial charge in [0.15, 0.2) is 0 Å². The first-order chi connectivity index (χ1) is 26.7. The molecule has 0 atom stereocenters. The van der Waals surface area contributed by atoms with E-state index >= 15 is 0 Å². The van der Waals surface area contributed by atoms with Crippen molar-refractivity contribution in [3.8, 4) is 11.8 Å². The van der Waals surface area contributed by atoms with Crippen molar-refractivity contribution < 1.29 is 19.1 Å². The van der Waals surface area contributed by atoms with Crippen LogP contribution in [-0.4, -0.2) is 83.9 Å². The molecule has 8 rings (SSSR count). The molecule has 1 saturated carbocycles. The Kier molecular flexibility index (Phi) is 10.4. The summed E-state index contributed by atoms with van der Waals surface area (Å²) in [7, 11) is 1.57. The van der Waals surface area contributed by atoms with Gasteiger partial charge < -0.3 is 19.9 Å². The van der Waals surface area contributed by atoms with Crippen LogP contribution in [0.4, 0.5) is 21.9 Å². The number of carbonyl (C=O) groups is 3. The molecule has 0 bridgehead atoms. The normalized spacial score (nSPS) is 21.7. The summed E-state index contributed by atoms with van der Waals surface area (Å²) < 4.78 is 7.70. The number of fused-ring (bicyclic) bond motifs is 1. The molecule has 3 aliphatic heterocycles. The lowest BCUT2D eigenvalue weighted by molar-refractivity contribution is -0.120. The molecule has 13 nitrogen and oxygen atoms in total. The molecule has 286 valence electrons. The number of nitriles is 1. The van der Waals surface area contributed by atoms with E-state index in [0.29, 0.717) is 57.2 Å². The summed E-state index contributed by atoms with van der Waals surface area (Å²) in [5.41, 5.74) is 4.10. The summed E-state index contributed by atoms with van der Waals surface area (Å²) in [6.45, 7) is 5.76. The zero-order chi connectivity index (χ0) is 38.1. The topological polar surface area (TPSA) is 149 Å². The predicted octanol–water partition coefficient (Wildman–Crippen LogP) is 6.78. The van der Waals surface area contributed by atoms with Crippen molar-refractivity contribution in [3.63, 3.8) is 0 Å². The van der Waals surface area contributed by atoms with Gasteiger partial charge in [0.2, 0.25) is 5.91 Å². The predicted molar refractivity (Wildman–Crippen MR) is 211 cm³/mol. The van der Waals surface area contributed by atoms with Crippen LogP contribution >= 0.6 is 11.6 Å². The highest BCUT2D eigenvalue weighted by atomic mass is 35.5. The molecule has 4 aromatic rings. The highest BCUT2D eigenvalue weighted by molar-refractivity contribution is 6.34. The maximum Gasteiger partial charge on any atom is 0.328 e. The number of imide groups is 1. The maximum atomic E-state index is 13.0. The molecule has 2 aromatic carbocycles. The summed E-state index contributed by atoms with van der Waals surface area (Å²) in [6, 6.07) is 13.1. The zero-order valence-corrected chi connectivity index (χ0v) is 31.9. The van der Waals surface area contributed by atoms with Gasteiger partial charge in [-0.25, -0.2) is 4.79 Å². The minimum Gasteiger partial charge on any atom is -0.494 e. The van der Waals surface area contributed by atoms with Crippen LogP contribution in [0.1, 0.15) is 79.8 Å². The number of piperidine rings is 2. The fourth-order valence-electron chi connectivity index (χ4n) is 8.95. The standard InChI is InChI=1S/C41H46ClN9O4/c1-55-37-21-34-30(19-35(37)45-39(53)29-18-28(22-43)23-44-24-29)26-51(47-34)31-4-2-27(3-5-31)25-48-14-9-41(10-15-48)11-16-49(17-12-41)32-6-7-33(42)36(20-32)50-13-8-38(52)46-40(50)54/h6-7,18-21,23-24,26-27,31H,2-5,8-17,25H2,1H3,(H,45,53)(H,46,52,54). The quantitative estimate of drug-likeness (QED) is 0.198. The summed E-state index contributed by atoms with van der Waals surface area (Å²) in [4.78, 5) is 47.8. The third-order valence-corrected chi connectivity index (χ3v) is 12.6. The Labute approximate surface area is 325 Å². The van der Waals surface area contributed by atoms with Gasteiger partial charge in [0.25, 0.3) is 5.91 Å². The average molecular weight is 764 g/mol. The lowest BCUT2D eigenvalue weighted by Crippen LogP contribution is -2.50. The van der Waals surface area contributed by atoms with Gasteiger partial charge in [0.1, 0.15) is 11.8 Å². The van der Waals surface area contributed by atoms with Crippen LogP contribution in [0.3, 0.4) is 0 Å². The molecule has 1 spiro atoms. The van der Waals surface area contributed by atoms with E-state index in [4.69, 9.17) is 21.4 Å². The van der Waals surface area contributed by atoms with Crippen LogP contribution in [0.5, 0.6) is 5.75 Å². The first kappa shape index (κ1) is 36.8. The van der Waals surface area contributed by atoms with Gasteiger partial charge in [-0.3, -0.25) is 29.5 Å². The molecule has 5 heterocycles. The van der Waals surface area contributed by atoms with Crippen LogP contribution in [0.25, 0.3) is 10.9 Å². The summed E-state index contributed by atoms with van der Waals surface area (Å²) in [6.07, 6.45) is 14.5. The minimum absolute atomic E-state index is 0.253. The van der Waals surface area contributed by atoms with Gasteiger partial charge in [-0.15, -0.1) is 0 Å².